The molecule has 1 aliphatic heterocycles. The summed E-state index contributed by atoms with van der Waals surface area (Å²) in [6, 6.07) is 3.78. The highest BCUT2D eigenvalue weighted by Gasteiger charge is 2.59. The van der Waals surface area contributed by atoms with Crippen molar-refractivity contribution in [1.82, 2.24) is 0 Å². The van der Waals surface area contributed by atoms with Gasteiger partial charge in [-0.3, -0.25) is 4.99 Å². The zero-order valence-electron chi connectivity index (χ0n) is 11.5. The molecule has 4 nitrogen and oxygen atoms in total. The molecule has 116 valence electrons. The van der Waals surface area contributed by atoms with Crippen LogP contribution in [0.15, 0.2) is 23.2 Å². The molecule has 0 bridgehead atoms. The van der Waals surface area contributed by atoms with Gasteiger partial charge in [-0.25, -0.2) is 4.39 Å². The summed E-state index contributed by atoms with van der Waals surface area (Å²) >= 11 is 0. The van der Waals surface area contributed by atoms with Crippen molar-refractivity contribution < 1.29 is 22.3 Å². The zero-order chi connectivity index (χ0) is 16.1. The van der Waals surface area contributed by atoms with Crippen LogP contribution in [0.25, 0.3) is 0 Å². The number of ether oxygens (including phenoxy) is 1. The van der Waals surface area contributed by atoms with Gasteiger partial charge in [0.15, 0.2) is 0 Å². The van der Waals surface area contributed by atoms with Gasteiger partial charge in [0.25, 0.3) is 0 Å². The van der Waals surface area contributed by atoms with E-state index in [0.29, 0.717) is 0 Å². The summed E-state index contributed by atoms with van der Waals surface area (Å²) < 4.78 is 57.8. The number of hydrogen-bond acceptors (Lipinski definition) is 4. The van der Waals surface area contributed by atoms with Crippen LogP contribution in [-0.4, -0.2) is 24.2 Å². The van der Waals surface area contributed by atoms with E-state index in [1.165, 1.54) is 19.1 Å². The molecule has 21 heavy (non-hydrogen) atoms. The fraction of sp³-hybridized carbons (Fsp3) is 0.462. The maximum Gasteiger partial charge on any atom is 0.424 e. The number of benzene rings is 1. The summed E-state index contributed by atoms with van der Waals surface area (Å²) in [4.78, 5) is 3.86. The lowest BCUT2D eigenvalue weighted by molar-refractivity contribution is -0.249. The molecular formula is C13H15F4N3O. The molecule has 0 spiro atoms. The highest BCUT2D eigenvalue weighted by molar-refractivity contribution is 5.90. The third kappa shape index (κ3) is 2.44. The number of aliphatic imine (C=N–C) groups is 1. The van der Waals surface area contributed by atoms with Crippen LogP contribution in [-0.2, 0) is 10.3 Å². The average molecular weight is 305 g/mol. The molecule has 2 rings (SSSR count). The van der Waals surface area contributed by atoms with Gasteiger partial charge in [0.05, 0.1) is 6.61 Å². The van der Waals surface area contributed by atoms with Crippen LogP contribution in [0.1, 0.15) is 19.4 Å². The molecule has 2 atom stereocenters. The van der Waals surface area contributed by atoms with Gasteiger partial charge in [0.2, 0.25) is 5.60 Å². The summed E-state index contributed by atoms with van der Waals surface area (Å²) in [6.45, 7) is 1.76. The van der Waals surface area contributed by atoms with Crippen LogP contribution in [0.5, 0.6) is 0 Å². The first-order valence-electron chi connectivity index (χ1n) is 6.11. The van der Waals surface area contributed by atoms with Crippen LogP contribution < -0.4 is 11.5 Å². The van der Waals surface area contributed by atoms with E-state index in [-0.39, 0.29) is 11.3 Å². The molecule has 0 fully saturated rings. The summed E-state index contributed by atoms with van der Waals surface area (Å²) in [5.74, 6) is -1.38. The quantitative estimate of drug-likeness (QED) is 0.618. The average Bonchev–Trinajstić information content (AvgIpc) is 2.36. The number of rotatable bonds is 1. The Morgan fingerprint density at radius 2 is 1.86 bits per heavy atom. The van der Waals surface area contributed by atoms with Gasteiger partial charge in [0, 0.05) is 11.3 Å². The second-order valence-electron chi connectivity index (χ2n) is 5.33. The van der Waals surface area contributed by atoms with Gasteiger partial charge >= 0.3 is 6.18 Å². The number of alkyl halides is 3. The zero-order valence-corrected chi connectivity index (χ0v) is 11.5. The van der Waals surface area contributed by atoms with Gasteiger partial charge in [0.1, 0.15) is 17.2 Å². The van der Waals surface area contributed by atoms with Crippen molar-refractivity contribution in [3.63, 3.8) is 0 Å². The van der Waals surface area contributed by atoms with Crippen molar-refractivity contribution in [3.05, 3.63) is 29.6 Å². The van der Waals surface area contributed by atoms with E-state index in [0.717, 1.165) is 13.0 Å². The minimum absolute atomic E-state index is 0.0367. The van der Waals surface area contributed by atoms with Crippen LogP contribution in [0, 0.1) is 5.82 Å². The predicted octanol–water partition coefficient (Wildman–Crippen LogP) is 2.33. The molecule has 0 amide bonds. The van der Waals surface area contributed by atoms with Crippen molar-refractivity contribution in [2.45, 2.75) is 31.2 Å². The molecule has 1 aromatic rings. The summed E-state index contributed by atoms with van der Waals surface area (Å²) in [5, 5.41) is 0. The smallest absolute Gasteiger partial charge is 0.399 e. The van der Waals surface area contributed by atoms with E-state index in [1.54, 1.807) is 0 Å². The lowest BCUT2D eigenvalue weighted by Gasteiger charge is -2.41. The molecule has 1 aliphatic rings. The Bertz CT molecular complexity index is 602. The van der Waals surface area contributed by atoms with E-state index in [2.05, 4.69) is 4.99 Å². The second-order valence-corrected chi connectivity index (χ2v) is 5.33. The minimum Gasteiger partial charge on any atom is -0.399 e. The Labute approximate surface area is 118 Å². The Balaban J connectivity index is 2.51. The highest BCUT2D eigenvalue weighted by atomic mass is 19.4. The first-order valence-corrected chi connectivity index (χ1v) is 6.11. The van der Waals surface area contributed by atoms with Gasteiger partial charge in [-0.2, -0.15) is 13.2 Å². The fourth-order valence-corrected chi connectivity index (χ4v) is 2.08. The molecule has 4 N–H and O–H groups in total. The predicted molar refractivity (Wildman–Crippen MR) is 70.2 cm³/mol. The molecule has 2 unspecified atom stereocenters. The number of hydrogen-bond donors (Lipinski definition) is 2. The third-order valence-electron chi connectivity index (χ3n) is 3.61. The molecule has 0 radical (unpaired) electrons. The molecule has 1 heterocycles. The van der Waals surface area contributed by atoms with Crippen LogP contribution in [0.3, 0.4) is 0 Å². The SMILES string of the molecule is CC1(c2cc(N)ccc2F)COC(C)(C(F)(F)F)C(N)=N1. The van der Waals surface area contributed by atoms with Gasteiger partial charge in [-0.05, 0) is 32.0 Å². The maximum atomic E-state index is 13.9. The van der Waals surface area contributed by atoms with Gasteiger partial charge in [-0.1, -0.05) is 0 Å². The van der Waals surface area contributed by atoms with Crippen molar-refractivity contribution in [1.29, 1.82) is 0 Å². The minimum atomic E-state index is -4.71. The monoisotopic (exact) mass is 305 g/mol. The molecule has 0 saturated carbocycles. The number of nitrogens with zero attached hydrogens (tertiary/aromatic N) is 1. The lowest BCUT2D eigenvalue weighted by Crippen LogP contribution is -2.60. The molecule has 0 aromatic heterocycles. The topological polar surface area (TPSA) is 73.6 Å². The number of nitrogens with two attached hydrogens (primary N) is 2. The molecule has 8 heteroatoms. The Hall–Kier alpha value is -1.83. The second kappa shape index (κ2) is 4.59. The first-order chi connectivity index (χ1) is 9.49. The van der Waals surface area contributed by atoms with E-state index in [4.69, 9.17) is 16.2 Å². The van der Waals surface area contributed by atoms with E-state index in [9.17, 15) is 17.6 Å². The van der Waals surface area contributed by atoms with Crippen molar-refractivity contribution in [3.8, 4) is 0 Å². The normalized spacial score (nSPS) is 30.1. The third-order valence-corrected chi connectivity index (χ3v) is 3.61. The van der Waals surface area contributed by atoms with Crippen LogP contribution in [0.4, 0.5) is 23.2 Å². The van der Waals surface area contributed by atoms with E-state index < -0.39 is 35.6 Å². The van der Waals surface area contributed by atoms with Crippen molar-refractivity contribution >= 4 is 11.5 Å². The Kier molecular flexibility index (Phi) is 3.40. The van der Waals surface area contributed by atoms with Gasteiger partial charge in [-0.15, -0.1) is 0 Å². The number of amidine groups is 1. The maximum absolute atomic E-state index is 13.9. The Morgan fingerprint density at radius 1 is 1.24 bits per heavy atom. The molecule has 1 aromatic carbocycles. The molecule has 0 aliphatic carbocycles. The van der Waals surface area contributed by atoms with Crippen LogP contribution >= 0.6 is 0 Å². The molecule has 0 saturated heterocycles. The summed E-state index contributed by atoms with van der Waals surface area (Å²) in [6.07, 6.45) is -4.71. The highest BCUT2D eigenvalue weighted by Crippen LogP contribution is 2.41. The van der Waals surface area contributed by atoms with E-state index >= 15 is 0 Å². The summed E-state index contributed by atoms with van der Waals surface area (Å²) in [7, 11) is 0. The Morgan fingerprint density at radius 3 is 2.38 bits per heavy atom. The number of anilines is 1. The van der Waals surface area contributed by atoms with Gasteiger partial charge < -0.3 is 16.2 Å². The van der Waals surface area contributed by atoms with Crippen LogP contribution in [0.2, 0.25) is 0 Å². The van der Waals surface area contributed by atoms with Crippen molar-refractivity contribution in [2.75, 3.05) is 12.3 Å². The van der Waals surface area contributed by atoms with E-state index in [1.807, 2.05) is 0 Å². The molecular weight excluding hydrogens is 290 g/mol. The lowest BCUT2D eigenvalue weighted by atomic mass is 9.89. The van der Waals surface area contributed by atoms with Crippen molar-refractivity contribution in [2.24, 2.45) is 10.7 Å². The first kappa shape index (κ1) is 15.6. The largest absolute Gasteiger partial charge is 0.424 e. The standard InChI is InChI=1S/C13H15F4N3O/c1-11(8-5-7(18)3-4-9(8)14)6-21-12(2,10(19)20-11)13(15,16)17/h3-5H,6,18H2,1-2H3,(H2,19,20). The fourth-order valence-electron chi connectivity index (χ4n) is 2.08. The number of halogens is 4. The summed E-state index contributed by atoms with van der Waals surface area (Å²) in [5.41, 5.74) is 7.30. The number of nitrogen functional groups attached to an aromatic ring is 1.